The van der Waals surface area contributed by atoms with Crippen LogP contribution in [0.5, 0.6) is 0 Å². The lowest BCUT2D eigenvalue weighted by molar-refractivity contribution is -0.158. The fourth-order valence-corrected chi connectivity index (χ4v) is 2.66. The molecule has 2 aliphatic heterocycles. The number of hydrogen-bond donors (Lipinski definition) is 1. The van der Waals surface area contributed by atoms with Crippen molar-refractivity contribution in [3.8, 4) is 0 Å². The maximum absolute atomic E-state index is 5.83. The lowest BCUT2D eigenvalue weighted by Crippen LogP contribution is -2.25. The van der Waals surface area contributed by atoms with E-state index in [0.29, 0.717) is 6.61 Å². The molecule has 3 nitrogen and oxygen atoms in total. The molecule has 3 heteroatoms. The lowest BCUT2D eigenvalue weighted by Gasteiger charge is -2.16. The Morgan fingerprint density at radius 3 is 2.50 bits per heavy atom. The summed E-state index contributed by atoms with van der Waals surface area (Å²) in [5.74, 6) is 1.60. The molecule has 0 amide bonds. The molecule has 1 aromatic carbocycles. The van der Waals surface area contributed by atoms with Gasteiger partial charge in [0.1, 0.15) is 0 Å². The van der Waals surface area contributed by atoms with Crippen molar-refractivity contribution in [3.05, 3.63) is 35.9 Å². The summed E-state index contributed by atoms with van der Waals surface area (Å²) in [5.41, 5.74) is 1.25. The van der Waals surface area contributed by atoms with Gasteiger partial charge in [0.2, 0.25) is 0 Å². The molecule has 0 aromatic heterocycles. The van der Waals surface area contributed by atoms with Crippen molar-refractivity contribution in [3.63, 3.8) is 0 Å². The first kappa shape index (κ1) is 10.3. The van der Waals surface area contributed by atoms with E-state index >= 15 is 0 Å². The second kappa shape index (κ2) is 4.53. The van der Waals surface area contributed by atoms with Crippen LogP contribution >= 0.6 is 0 Å². The Labute approximate surface area is 96.4 Å². The van der Waals surface area contributed by atoms with E-state index in [2.05, 4.69) is 34.6 Å². The van der Waals surface area contributed by atoms with Gasteiger partial charge in [-0.05, 0) is 30.5 Å². The summed E-state index contributed by atoms with van der Waals surface area (Å²) in [6.07, 6.45) is 0. The Kier molecular flexibility index (Phi) is 2.91. The average molecular weight is 218 g/mol. The summed E-state index contributed by atoms with van der Waals surface area (Å²) in [5, 5.41) is 5.58. The van der Waals surface area contributed by atoms with E-state index < -0.39 is 0 Å². The van der Waals surface area contributed by atoms with E-state index in [4.69, 9.17) is 4.84 Å². The highest BCUT2D eigenvalue weighted by atomic mass is 16.7. The largest absolute Gasteiger partial charge is 0.316 e. The summed E-state index contributed by atoms with van der Waals surface area (Å²) < 4.78 is 0. The molecule has 2 heterocycles. The fourth-order valence-electron chi connectivity index (χ4n) is 2.66. The van der Waals surface area contributed by atoms with E-state index in [1.54, 1.807) is 0 Å². The van der Waals surface area contributed by atoms with Crippen LogP contribution in [0.1, 0.15) is 5.56 Å². The molecule has 3 rings (SSSR count). The molecule has 2 aliphatic rings. The van der Waals surface area contributed by atoms with Gasteiger partial charge in [-0.1, -0.05) is 30.3 Å². The molecular weight excluding hydrogens is 200 g/mol. The Hall–Kier alpha value is -0.900. The zero-order valence-corrected chi connectivity index (χ0v) is 9.43. The molecule has 2 atom stereocenters. The van der Waals surface area contributed by atoms with Gasteiger partial charge in [0.15, 0.2) is 0 Å². The summed E-state index contributed by atoms with van der Waals surface area (Å²) in [7, 11) is 0. The highest BCUT2D eigenvalue weighted by Crippen LogP contribution is 2.26. The van der Waals surface area contributed by atoms with Gasteiger partial charge in [0.05, 0.1) is 6.61 Å². The van der Waals surface area contributed by atoms with Crippen molar-refractivity contribution in [1.82, 2.24) is 10.4 Å². The number of nitrogens with one attached hydrogen (secondary N) is 1. The first-order valence-corrected chi connectivity index (χ1v) is 6.04. The van der Waals surface area contributed by atoms with Gasteiger partial charge in [-0.2, -0.15) is 5.06 Å². The molecular formula is C13H18N2O. The number of hydrogen-bond acceptors (Lipinski definition) is 3. The highest BCUT2D eigenvalue weighted by molar-refractivity contribution is 5.13. The highest BCUT2D eigenvalue weighted by Gasteiger charge is 2.36. The number of hydroxylamine groups is 2. The Balaban J connectivity index is 1.50. The summed E-state index contributed by atoms with van der Waals surface area (Å²) >= 11 is 0. The van der Waals surface area contributed by atoms with Crippen molar-refractivity contribution in [2.24, 2.45) is 11.8 Å². The molecule has 86 valence electrons. The molecule has 2 saturated heterocycles. The second-order valence-corrected chi connectivity index (χ2v) is 4.78. The van der Waals surface area contributed by atoms with Crippen LogP contribution in [-0.2, 0) is 11.4 Å². The lowest BCUT2D eigenvalue weighted by atomic mass is 10.0. The number of nitrogens with zero attached hydrogens (tertiary/aromatic N) is 1. The van der Waals surface area contributed by atoms with Gasteiger partial charge in [-0.15, -0.1) is 0 Å². The minimum absolute atomic E-state index is 0.702. The van der Waals surface area contributed by atoms with Gasteiger partial charge < -0.3 is 5.32 Å². The van der Waals surface area contributed by atoms with Gasteiger partial charge in [-0.3, -0.25) is 4.84 Å². The van der Waals surface area contributed by atoms with E-state index in [1.807, 2.05) is 6.07 Å². The Morgan fingerprint density at radius 2 is 1.81 bits per heavy atom. The third-order valence-corrected chi connectivity index (χ3v) is 3.61. The van der Waals surface area contributed by atoms with Crippen molar-refractivity contribution >= 4 is 0 Å². The molecule has 1 N–H and O–H groups in total. The van der Waals surface area contributed by atoms with Crippen LogP contribution in [-0.4, -0.2) is 31.2 Å². The Bertz CT molecular complexity index is 329. The minimum Gasteiger partial charge on any atom is -0.316 e. The maximum atomic E-state index is 5.83. The van der Waals surface area contributed by atoms with E-state index in [1.165, 1.54) is 5.56 Å². The normalized spacial score (nSPS) is 29.5. The summed E-state index contributed by atoms with van der Waals surface area (Å²) in [6.45, 7) is 5.20. The number of rotatable bonds is 3. The molecule has 16 heavy (non-hydrogen) atoms. The van der Waals surface area contributed by atoms with Crippen LogP contribution in [0, 0.1) is 11.8 Å². The molecule has 1 aromatic rings. The maximum Gasteiger partial charge on any atom is 0.0935 e. The SMILES string of the molecule is c1ccc(CON2C[C@H]3CNC[C@H]3C2)cc1. The van der Waals surface area contributed by atoms with Crippen molar-refractivity contribution < 1.29 is 4.84 Å². The van der Waals surface area contributed by atoms with Crippen LogP contribution in [0.3, 0.4) is 0 Å². The van der Waals surface area contributed by atoms with Crippen LogP contribution in [0.25, 0.3) is 0 Å². The zero-order chi connectivity index (χ0) is 10.8. The number of fused-ring (bicyclic) bond motifs is 1. The molecule has 0 unspecified atom stereocenters. The fraction of sp³-hybridized carbons (Fsp3) is 0.538. The third kappa shape index (κ3) is 2.12. The number of benzene rings is 1. The Morgan fingerprint density at radius 1 is 1.12 bits per heavy atom. The minimum atomic E-state index is 0.702. The topological polar surface area (TPSA) is 24.5 Å². The van der Waals surface area contributed by atoms with Gasteiger partial charge >= 0.3 is 0 Å². The van der Waals surface area contributed by atoms with Crippen LogP contribution in [0.4, 0.5) is 0 Å². The quantitative estimate of drug-likeness (QED) is 0.827. The van der Waals surface area contributed by atoms with Crippen molar-refractivity contribution in [2.75, 3.05) is 26.2 Å². The standard InChI is InChI=1S/C13H18N2O/c1-2-4-11(5-3-1)10-16-15-8-12-6-14-7-13(12)9-15/h1-5,12-14H,6-10H2/t12-,13+. The van der Waals surface area contributed by atoms with Crippen LogP contribution in [0.15, 0.2) is 30.3 Å². The van der Waals surface area contributed by atoms with E-state index in [-0.39, 0.29) is 0 Å². The molecule has 0 aliphatic carbocycles. The molecule has 0 bridgehead atoms. The van der Waals surface area contributed by atoms with Gasteiger partial charge in [0, 0.05) is 13.1 Å². The molecule has 0 spiro atoms. The zero-order valence-electron chi connectivity index (χ0n) is 9.43. The molecule has 2 fully saturated rings. The van der Waals surface area contributed by atoms with Crippen LogP contribution in [0.2, 0.25) is 0 Å². The first-order valence-electron chi connectivity index (χ1n) is 6.04. The van der Waals surface area contributed by atoms with Crippen LogP contribution < -0.4 is 5.32 Å². The van der Waals surface area contributed by atoms with Crippen molar-refractivity contribution in [2.45, 2.75) is 6.61 Å². The van der Waals surface area contributed by atoms with E-state index in [9.17, 15) is 0 Å². The second-order valence-electron chi connectivity index (χ2n) is 4.78. The summed E-state index contributed by atoms with van der Waals surface area (Å²) in [6, 6.07) is 10.4. The van der Waals surface area contributed by atoms with E-state index in [0.717, 1.165) is 38.0 Å². The molecule has 0 radical (unpaired) electrons. The average Bonchev–Trinajstić information content (AvgIpc) is 2.88. The monoisotopic (exact) mass is 218 g/mol. The predicted molar refractivity (Wildman–Crippen MR) is 62.7 cm³/mol. The smallest absolute Gasteiger partial charge is 0.0935 e. The summed E-state index contributed by atoms with van der Waals surface area (Å²) in [4.78, 5) is 5.83. The van der Waals surface area contributed by atoms with Crippen molar-refractivity contribution in [1.29, 1.82) is 0 Å². The van der Waals surface area contributed by atoms with Gasteiger partial charge in [0.25, 0.3) is 0 Å². The molecule has 0 saturated carbocycles. The van der Waals surface area contributed by atoms with Gasteiger partial charge in [-0.25, -0.2) is 0 Å². The third-order valence-electron chi connectivity index (χ3n) is 3.61. The first-order chi connectivity index (χ1) is 7.92. The predicted octanol–water partition coefficient (Wildman–Crippen LogP) is 1.27.